The van der Waals surface area contributed by atoms with Gasteiger partial charge in [0.1, 0.15) is 22.3 Å². The number of hydrogen-bond donors (Lipinski definition) is 0. The summed E-state index contributed by atoms with van der Waals surface area (Å²) in [5.74, 6) is 1.68. The van der Waals surface area contributed by atoms with E-state index in [0.717, 1.165) is 82.8 Å². The molecule has 0 aliphatic rings. The molecule has 5 heteroatoms. The van der Waals surface area contributed by atoms with Gasteiger partial charge in [-0.2, -0.15) is 0 Å². The maximum atomic E-state index is 6.73. The summed E-state index contributed by atoms with van der Waals surface area (Å²) in [6, 6.07) is 55.8. The lowest BCUT2D eigenvalue weighted by Gasteiger charge is -2.09. The highest BCUT2D eigenvalue weighted by Crippen LogP contribution is 2.41. The van der Waals surface area contributed by atoms with Gasteiger partial charge in [0, 0.05) is 38.2 Å². The fourth-order valence-electron chi connectivity index (χ4n) is 6.91. The molecule has 0 spiro atoms. The van der Waals surface area contributed by atoms with Crippen molar-refractivity contribution in [1.82, 2.24) is 15.0 Å². The van der Waals surface area contributed by atoms with Crippen LogP contribution in [0.2, 0.25) is 0 Å². The molecule has 10 aromatic rings. The van der Waals surface area contributed by atoms with Crippen LogP contribution in [0.3, 0.4) is 0 Å². The van der Waals surface area contributed by atoms with Crippen LogP contribution in [-0.2, 0) is 0 Å². The van der Waals surface area contributed by atoms with Crippen molar-refractivity contribution in [2.24, 2.45) is 0 Å². The first kappa shape index (κ1) is 28.2. The third kappa shape index (κ3) is 4.67. The van der Waals surface area contributed by atoms with Crippen LogP contribution in [-0.4, -0.2) is 15.0 Å². The molecule has 0 atom stereocenters. The van der Waals surface area contributed by atoms with Crippen molar-refractivity contribution in [2.75, 3.05) is 0 Å². The third-order valence-electron chi connectivity index (χ3n) is 9.34. The van der Waals surface area contributed by atoms with Crippen LogP contribution in [0.1, 0.15) is 0 Å². The van der Waals surface area contributed by atoms with Crippen LogP contribution in [0, 0.1) is 0 Å². The highest BCUT2D eigenvalue weighted by molar-refractivity contribution is 6.12. The number of hydrogen-bond acceptors (Lipinski definition) is 5. The van der Waals surface area contributed by atoms with Crippen LogP contribution in [0.15, 0.2) is 173 Å². The predicted octanol–water partition coefficient (Wildman–Crippen LogP) is 12.0. The Balaban J connectivity index is 1.18. The van der Waals surface area contributed by atoms with Gasteiger partial charge in [-0.1, -0.05) is 127 Å². The van der Waals surface area contributed by atoms with Gasteiger partial charge in [0.25, 0.3) is 0 Å². The molecule has 234 valence electrons. The van der Waals surface area contributed by atoms with E-state index in [-0.39, 0.29) is 0 Å². The fraction of sp³-hybridized carbons (Fsp3) is 0. The van der Waals surface area contributed by atoms with Crippen LogP contribution < -0.4 is 0 Å². The maximum absolute atomic E-state index is 6.73. The van der Waals surface area contributed by atoms with E-state index in [1.807, 2.05) is 78.9 Å². The van der Waals surface area contributed by atoms with E-state index in [4.69, 9.17) is 23.8 Å². The minimum absolute atomic E-state index is 0.544. The molecule has 0 N–H and O–H groups in total. The highest BCUT2D eigenvalue weighted by atomic mass is 16.3. The molecule has 3 aromatic heterocycles. The molecule has 0 radical (unpaired) electrons. The molecule has 0 aliphatic heterocycles. The van der Waals surface area contributed by atoms with Crippen LogP contribution in [0.4, 0.5) is 0 Å². The third-order valence-corrected chi connectivity index (χ3v) is 9.34. The molecule has 0 saturated heterocycles. The SMILES string of the molecule is c1ccc(-c2cc(-c3ccccc3)c3oc4cc(-c5nc(-c6ccccc6)nc(-c6cccc7c6oc6ccccc67)n5)ccc4c3c2)cc1. The van der Waals surface area contributed by atoms with Crippen LogP contribution in [0.5, 0.6) is 0 Å². The summed E-state index contributed by atoms with van der Waals surface area (Å²) in [4.78, 5) is 15.1. The Kier molecular flexibility index (Phi) is 6.42. The molecular weight excluding hydrogens is 615 g/mol. The summed E-state index contributed by atoms with van der Waals surface area (Å²) in [6.07, 6.45) is 0. The van der Waals surface area contributed by atoms with E-state index in [1.54, 1.807) is 0 Å². The quantitative estimate of drug-likeness (QED) is 0.187. The summed E-state index contributed by atoms with van der Waals surface area (Å²) < 4.78 is 13.1. The van der Waals surface area contributed by atoms with Crippen LogP contribution >= 0.6 is 0 Å². The van der Waals surface area contributed by atoms with Crippen molar-refractivity contribution in [2.45, 2.75) is 0 Å². The second kappa shape index (κ2) is 11.4. The summed E-state index contributed by atoms with van der Waals surface area (Å²) >= 11 is 0. The lowest BCUT2D eigenvalue weighted by Crippen LogP contribution is -2.00. The van der Waals surface area contributed by atoms with Crippen molar-refractivity contribution in [1.29, 1.82) is 0 Å². The first-order chi connectivity index (χ1) is 24.8. The van der Waals surface area contributed by atoms with Gasteiger partial charge in [0.2, 0.25) is 0 Å². The van der Waals surface area contributed by atoms with Crippen LogP contribution in [0.25, 0.3) is 100 Å². The Morgan fingerprint density at radius 3 is 1.66 bits per heavy atom. The van der Waals surface area contributed by atoms with E-state index < -0.39 is 0 Å². The summed E-state index contributed by atoms with van der Waals surface area (Å²) in [5.41, 5.74) is 10.2. The molecule has 0 amide bonds. The fourth-order valence-corrected chi connectivity index (χ4v) is 6.91. The van der Waals surface area contributed by atoms with Gasteiger partial charge in [0.05, 0.1) is 5.56 Å². The van der Waals surface area contributed by atoms with Crippen molar-refractivity contribution in [3.63, 3.8) is 0 Å². The van der Waals surface area contributed by atoms with E-state index >= 15 is 0 Å². The standard InChI is InChI=1S/C45H27N3O2/c1-4-13-28(14-5-1)32-25-37(29-15-6-2-7-16-29)42-38(26-32)34-24-23-31(27-40(34)50-42)44-46-43(30-17-8-3-9-18-30)47-45(48-44)36-21-12-20-35-33-19-10-11-22-39(33)49-41(35)36/h1-27H. The van der Waals surface area contributed by atoms with Gasteiger partial charge in [0.15, 0.2) is 17.5 Å². The van der Waals surface area contributed by atoms with Gasteiger partial charge in [-0.05, 0) is 53.1 Å². The second-order valence-electron chi connectivity index (χ2n) is 12.4. The summed E-state index contributed by atoms with van der Waals surface area (Å²) in [5, 5.41) is 4.17. The molecule has 10 rings (SSSR count). The number of nitrogens with zero attached hydrogens (tertiary/aromatic N) is 3. The van der Waals surface area contributed by atoms with E-state index in [1.165, 1.54) is 0 Å². The van der Waals surface area contributed by atoms with E-state index in [9.17, 15) is 0 Å². The zero-order chi connectivity index (χ0) is 33.0. The first-order valence-electron chi connectivity index (χ1n) is 16.6. The zero-order valence-electron chi connectivity index (χ0n) is 26.7. The average Bonchev–Trinajstić information content (AvgIpc) is 3.76. The Labute approximate surface area is 287 Å². The number of rotatable bonds is 5. The lowest BCUT2D eigenvalue weighted by atomic mass is 9.95. The predicted molar refractivity (Wildman–Crippen MR) is 202 cm³/mol. The minimum Gasteiger partial charge on any atom is -0.455 e. The maximum Gasteiger partial charge on any atom is 0.167 e. The largest absolute Gasteiger partial charge is 0.455 e. The number of benzene rings is 7. The first-order valence-corrected chi connectivity index (χ1v) is 16.6. The zero-order valence-corrected chi connectivity index (χ0v) is 26.7. The highest BCUT2D eigenvalue weighted by Gasteiger charge is 2.20. The molecule has 0 unspecified atom stereocenters. The van der Waals surface area contributed by atoms with Gasteiger partial charge >= 0.3 is 0 Å². The minimum atomic E-state index is 0.544. The Bertz CT molecular complexity index is 2860. The number of aromatic nitrogens is 3. The Morgan fingerprint density at radius 2 is 0.880 bits per heavy atom. The monoisotopic (exact) mass is 641 g/mol. The van der Waals surface area contributed by atoms with Crippen molar-refractivity contribution < 1.29 is 8.83 Å². The Hall–Kier alpha value is -6.85. The second-order valence-corrected chi connectivity index (χ2v) is 12.4. The summed E-state index contributed by atoms with van der Waals surface area (Å²) in [7, 11) is 0. The van der Waals surface area contributed by atoms with Gasteiger partial charge in [-0.25, -0.2) is 15.0 Å². The van der Waals surface area contributed by atoms with Crippen molar-refractivity contribution in [3.05, 3.63) is 164 Å². The molecule has 0 bridgehead atoms. The topological polar surface area (TPSA) is 65.0 Å². The lowest BCUT2D eigenvalue weighted by molar-refractivity contribution is 0.669. The van der Waals surface area contributed by atoms with E-state index in [2.05, 4.69) is 84.9 Å². The average molecular weight is 642 g/mol. The molecule has 0 aliphatic carbocycles. The van der Waals surface area contributed by atoms with Gasteiger partial charge in [-0.3, -0.25) is 0 Å². The normalized spacial score (nSPS) is 11.6. The summed E-state index contributed by atoms with van der Waals surface area (Å²) in [6.45, 7) is 0. The number of fused-ring (bicyclic) bond motifs is 6. The van der Waals surface area contributed by atoms with Gasteiger partial charge < -0.3 is 8.83 Å². The number of furan rings is 2. The molecule has 0 fully saturated rings. The van der Waals surface area contributed by atoms with Gasteiger partial charge in [-0.15, -0.1) is 0 Å². The molecule has 5 nitrogen and oxygen atoms in total. The number of para-hydroxylation sites is 2. The molecule has 50 heavy (non-hydrogen) atoms. The van der Waals surface area contributed by atoms with E-state index in [0.29, 0.717) is 17.5 Å². The molecule has 0 saturated carbocycles. The van der Waals surface area contributed by atoms with Crippen molar-refractivity contribution in [3.8, 4) is 56.4 Å². The Morgan fingerprint density at radius 1 is 0.300 bits per heavy atom. The smallest absolute Gasteiger partial charge is 0.167 e. The molecule has 3 heterocycles. The molecule has 7 aromatic carbocycles. The molecular formula is C45H27N3O2. The van der Waals surface area contributed by atoms with Crippen molar-refractivity contribution >= 4 is 43.9 Å².